The lowest BCUT2D eigenvalue weighted by Crippen LogP contribution is -2.15. The second kappa shape index (κ2) is 6.20. The van der Waals surface area contributed by atoms with Gasteiger partial charge in [-0.25, -0.2) is 9.37 Å². The van der Waals surface area contributed by atoms with E-state index in [4.69, 9.17) is 0 Å². The highest BCUT2D eigenvalue weighted by atomic mass is 19.1. The van der Waals surface area contributed by atoms with Crippen LogP contribution in [-0.2, 0) is 11.2 Å². The minimum absolute atomic E-state index is 0.00510. The van der Waals surface area contributed by atoms with Crippen molar-refractivity contribution in [3.8, 4) is 0 Å². The quantitative estimate of drug-likeness (QED) is 0.793. The average Bonchev–Trinajstić information content (AvgIpc) is 2.93. The number of nitrogens with one attached hydrogen (secondary N) is 1. The van der Waals surface area contributed by atoms with Crippen LogP contribution in [0.25, 0.3) is 11.0 Å². The lowest BCUT2D eigenvalue weighted by Gasteiger charge is -2.09. The highest BCUT2D eigenvalue weighted by molar-refractivity contribution is 5.94. The van der Waals surface area contributed by atoms with E-state index in [-0.39, 0.29) is 18.1 Å². The van der Waals surface area contributed by atoms with Gasteiger partial charge in [0.15, 0.2) is 0 Å². The van der Waals surface area contributed by atoms with Crippen LogP contribution in [0.4, 0.5) is 10.1 Å². The summed E-state index contributed by atoms with van der Waals surface area (Å²) >= 11 is 0. The molecule has 1 N–H and O–H groups in total. The van der Waals surface area contributed by atoms with Gasteiger partial charge in [-0.3, -0.25) is 4.79 Å². The maximum atomic E-state index is 13.6. The van der Waals surface area contributed by atoms with Gasteiger partial charge in [0, 0.05) is 11.7 Å². The van der Waals surface area contributed by atoms with E-state index in [0.29, 0.717) is 17.3 Å². The van der Waals surface area contributed by atoms with E-state index in [1.807, 2.05) is 18.2 Å². The Hall–Kier alpha value is -2.69. The molecule has 0 bridgehead atoms. The molecule has 4 nitrogen and oxygen atoms in total. The molecule has 0 fully saturated rings. The largest absolute Gasteiger partial charge is 0.328 e. The Morgan fingerprint density at radius 2 is 2.04 bits per heavy atom. The Morgan fingerprint density at radius 3 is 2.78 bits per heavy atom. The summed E-state index contributed by atoms with van der Waals surface area (Å²) in [5, 5.41) is 2.79. The third-order valence-corrected chi connectivity index (χ3v) is 3.72. The molecule has 118 valence electrons. The maximum Gasteiger partial charge on any atom is 0.228 e. The van der Waals surface area contributed by atoms with E-state index in [1.165, 1.54) is 6.07 Å². The number of aromatic nitrogens is 2. The predicted molar refractivity (Wildman–Crippen MR) is 88.9 cm³/mol. The molecule has 0 atom stereocenters. The molecule has 0 aliphatic heterocycles. The zero-order chi connectivity index (χ0) is 16.4. The lowest BCUT2D eigenvalue weighted by atomic mass is 10.1. The summed E-state index contributed by atoms with van der Waals surface area (Å²) in [7, 11) is 0. The number of hydrogen-bond donors (Lipinski definition) is 1. The number of carbonyl (C=O) groups excluding carboxylic acids is 1. The number of nitrogens with zero attached hydrogens (tertiary/aromatic N) is 2. The minimum atomic E-state index is -0.367. The van der Waals surface area contributed by atoms with Crippen LogP contribution in [0.1, 0.15) is 25.5 Å². The van der Waals surface area contributed by atoms with E-state index in [0.717, 1.165) is 11.0 Å². The molecular weight excluding hydrogens is 293 g/mol. The van der Waals surface area contributed by atoms with Crippen molar-refractivity contribution in [3.05, 3.63) is 60.2 Å². The molecule has 1 aromatic heterocycles. The lowest BCUT2D eigenvalue weighted by molar-refractivity contribution is -0.115. The molecule has 0 aliphatic carbocycles. The number of rotatable bonds is 4. The summed E-state index contributed by atoms with van der Waals surface area (Å²) in [5.41, 5.74) is 2.89. The summed E-state index contributed by atoms with van der Waals surface area (Å²) < 4.78 is 15.7. The normalized spacial score (nSPS) is 11.1. The first-order chi connectivity index (χ1) is 11.0. The van der Waals surface area contributed by atoms with Crippen LogP contribution < -0.4 is 5.32 Å². The summed E-state index contributed by atoms with van der Waals surface area (Å²) in [6.07, 6.45) is 1.80. The molecule has 1 heterocycles. The van der Waals surface area contributed by atoms with E-state index in [2.05, 4.69) is 28.7 Å². The van der Waals surface area contributed by atoms with Gasteiger partial charge in [0.2, 0.25) is 5.91 Å². The molecule has 0 saturated heterocycles. The second-order valence-electron chi connectivity index (χ2n) is 5.77. The molecule has 23 heavy (non-hydrogen) atoms. The number of amides is 1. The Labute approximate surface area is 134 Å². The van der Waals surface area contributed by atoms with Crippen LogP contribution in [0.5, 0.6) is 0 Å². The molecule has 2 aromatic carbocycles. The predicted octanol–water partition coefficient (Wildman–Crippen LogP) is 3.94. The van der Waals surface area contributed by atoms with Gasteiger partial charge in [-0.15, -0.1) is 0 Å². The van der Waals surface area contributed by atoms with Gasteiger partial charge in [-0.05, 0) is 43.7 Å². The summed E-state index contributed by atoms with van der Waals surface area (Å²) in [6.45, 7) is 4.18. The number of imidazole rings is 1. The van der Waals surface area contributed by atoms with Crippen LogP contribution in [-0.4, -0.2) is 15.5 Å². The summed E-state index contributed by atoms with van der Waals surface area (Å²) in [5.74, 6) is -0.619. The smallest absolute Gasteiger partial charge is 0.228 e. The molecule has 3 aromatic rings. The zero-order valence-corrected chi connectivity index (χ0v) is 13.1. The van der Waals surface area contributed by atoms with Crippen molar-refractivity contribution in [1.29, 1.82) is 0 Å². The van der Waals surface area contributed by atoms with Gasteiger partial charge in [-0.2, -0.15) is 0 Å². The maximum absolute atomic E-state index is 13.6. The van der Waals surface area contributed by atoms with Gasteiger partial charge in [0.25, 0.3) is 0 Å². The van der Waals surface area contributed by atoms with Gasteiger partial charge < -0.3 is 9.88 Å². The fourth-order valence-corrected chi connectivity index (χ4v) is 2.54. The first-order valence-electron chi connectivity index (χ1n) is 7.54. The first-order valence-corrected chi connectivity index (χ1v) is 7.54. The number of fused-ring (bicyclic) bond motifs is 1. The van der Waals surface area contributed by atoms with Crippen molar-refractivity contribution >= 4 is 22.6 Å². The van der Waals surface area contributed by atoms with Crippen molar-refractivity contribution in [1.82, 2.24) is 9.55 Å². The van der Waals surface area contributed by atoms with Crippen LogP contribution in [0.3, 0.4) is 0 Å². The molecule has 0 radical (unpaired) electrons. The van der Waals surface area contributed by atoms with Crippen molar-refractivity contribution in [2.45, 2.75) is 26.3 Å². The van der Waals surface area contributed by atoms with Crippen LogP contribution >= 0.6 is 0 Å². The van der Waals surface area contributed by atoms with Crippen LogP contribution in [0.15, 0.2) is 48.8 Å². The monoisotopic (exact) mass is 311 g/mol. The van der Waals surface area contributed by atoms with Gasteiger partial charge in [0.05, 0.1) is 23.8 Å². The molecular formula is C18H18FN3O. The van der Waals surface area contributed by atoms with Crippen molar-refractivity contribution in [2.24, 2.45) is 0 Å². The number of hydrogen-bond acceptors (Lipinski definition) is 2. The van der Waals surface area contributed by atoms with E-state index in [1.54, 1.807) is 24.5 Å². The highest BCUT2D eigenvalue weighted by Gasteiger charge is 2.10. The topological polar surface area (TPSA) is 46.9 Å². The molecule has 5 heteroatoms. The molecule has 0 unspecified atom stereocenters. The van der Waals surface area contributed by atoms with Gasteiger partial charge in [-0.1, -0.05) is 18.2 Å². The minimum Gasteiger partial charge on any atom is -0.328 e. The molecule has 1 amide bonds. The van der Waals surface area contributed by atoms with Gasteiger partial charge >= 0.3 is 0 Å². The molecule has 0 spiro atoms. The fraction of sp³-hybridized carbons (Fsp3) is 0.222. The van der Waals surface area contributed by atoms with E-state index in [9.17, 15) is 9.18 Å². The van der Waals surface area contributed by atoms with Crippen molar-refractivity contribution in [2.75, 3.05) is 5.32 Å². The Morgan fingerprint density at radius 1 is 1.26 bits per heavy atom. The van der Waals surface area contributed by atoms with E-state index >= 15 is 0 Å². The zero-order valence-electron chi connectivity index (χ0n) is 13.1. The SMILES string of the molecule is CC(C)n1cnc2cc(NC(=O)Cc3ccccc3F)ccc21. The standard InChI is InChI=1S/C18H18FN3O/c1-12(2)22-11-20-16-10-14(7-8-17(16)22)21-18(23)9-13-5-3-4-6-15(13)19/h3-8,10-12H,9H2,1-2H3,(H,21,23). The third-order valence-electron chi connectivity index (χ3n) is 3.72. The number of halogens is 1. The molecule has 0 saturated carbocycles. The highest BCUT2D eigenvalue weighted by Crippen LogP contribution is 2.21. The Bertz CT molecular complexity index is 854. The summed E-state index contributed by atoms with van der Waals surface area (Å²) in [4.78, 5) is 16.4. The van der Waals surface area contributed by atoms with Crippen molar-refractivity contribution < 1.29 is 9.18 Å². The van der Waals surface area contributed by atoms with Crippen LogP contribution in [0.2, 0.25) is 0 Å². The second-order valence-corrected chi connectivity index (χ2v) is 5.77. The van der Waals surface area contributed by atoms with E-state index < -0.39 is 0 Å². The first kappa shape index (κ1) is 15.2. The fourth-order valence-electron chi connectivity index (χ4n) is 2.54. The number of carbonyl (C=O) groups is 1. The Balaban J connectivity index is 1.76. The number of benzene rings is 2. The van der Waals surface area contributed by atoms with Gasteiger partial charge in [0.1, 0.15) is 5.82 Å². The van der Waals surface area contributed by atoms with Crippen molar-refractivity contribution in [3.63, 3.8) is 0 Å². The number of anilines is 1. The average molecular weight is 311 g/mol. The summed E-state index contributed by atoms with van der Waals surface area (Å²) in [6, 6.07) is 12.2. The molecule has 0 aliphatic rings. The third kappa shape index (κ3) is 3.23. The van der Waals surface area contributed by atoms with Crippen LogP contribution in [0, 0.1) is 5.82 Å². The molecule has 3 rings (SSSR count). The Kier molecular flexibility index (Phi) is 4.10.